The van der Waals surface area contributed by atoms with Crippen molar-refractivity contribution in [2.24, 2.45) is 5.73 Å². The molecule has 0 radical (unpaired) electrons. The molecule has 1 unspecified atom stereocenters. The van der Waals surface area contributed by atoms with Crippen LogP contribution in [-0.4, -0.2) is 18.1 Å². The van der Waals surface area contributed by atoms with Crippen LogP contribution in [0.2, 0.25) is 0 Å². The molecular formula is C16H16BrF3N2O. The second-order valence-corrected chi connectivity index (χ2v) is 6.03. The summed E-state index contributed by atoms with van der Waals surface area (Å²) in [5.74, 6) is -0.475. The Kier molecular flexibility index (Phi) is 5.21. The van der Waals surface area contributed by atoms with Crippen molar-refractivity contribution in [3.05, 3.63) is 64.7 Å². The van der Waals surface area contributed by atoms with Gasteiger partial charge in [0.1, 0.15) is 17.1 Å². The van der Waals surface area contributed by atoms with Crippen LogP contribution in [0.3, 0.4) is 0 Å². The third-order valence-corrected chi connectivity index (χ3v) is 4.11. The first-order valence-electron chi connectivity index (χ1n) is 6.70. The van der Waals surface area contributed by atoms with E-state index in [1.807, 2.05) is 0 Å². The molecule has 0 fully saturated rings. The van der Waals surface area contributed by atoms with E-state index in [1.54, 1.807) is 18.3 Å². The molecule has 1 heterocycles. The Morgan fingerprint density at radius 2 is 2.13 bits per heavy atom. The molecule has 7 heteroatoms. The number of nitrogens with two attached hydrogens (primary N) is 1. The van der Waals surface area contributed by atoms with Gasteiger partial charge in [-0.25, -0.2) is 13.2 Å². The van der Waals surface area contributed by atoms with E-state index in [0.717, 1.165) is 6.07 Å². The van der Waals surface area contributed by atoms with E-state index in [-0.39, 0.29) is 12.1 Å². The minimum absolute atomic E-state index is 0.260. The van der Waals surface area contributed by atoms with Gasteiger partial charge in [-0.3, -0.25) is 0 Å². The van der Waals surface area contributed by atoms with Crippen molar-refractivity contribution in [2.45, 2.75) is 18.5 Å². The summed E-state index contributed by atoms with van der Waals surface area (Å²) >= 11 is 3.16. The first-order chi connectivity index (χ1) is 10.8. The third-order valence-electron chi connectivity index (χ3n) is 3.61. The highest BCUT2D eigenvalue weighted by Gasteiger charge is 2.41. The molecule has 1 aromatic heterocycles. The van der Waals surface area contributed by atoms with E-state index in [0.29, 0.717) is 15.9 Å². The molecule has 0 aliphatic rings. The lowest BCUT2D eigenvalue weighted by atomic mass is 9.90. The number of alkyl halides is 2. The van der Waals surface area contributed by atoms with Crippen molar-refractivity contribution >= 4 is 21.7 Å². The van der Waals surface area contributed by atoms with Crippen LogP contribution in [0, 0.1) is 5.82 Å². The van der Waals surface area contributed by atoms with E-state index in [4.69, 9.17) is 10.5 Å². The van der Waals surface area contributed by atoms with Gasteiger partial charge in [-0.15, -0.1) is 0 Å². The van der Waals surface area contributed by atoms with E-state index in [9.17, 15) is 13.2 Å². The largest absolute Gasteiger partial charge is 0.495 e. The fourth-order valence-corrected chi connectivity index (χ4v) is 2.68. The van der Waals surface area contributed by atoms with Crippen molar-refractivity contribution in [2.75, 3.05) is 7.11 Å². The predicted molar refractivity (Wildman–Crippen MR) is 86.4 cm³/mol. The molecule has 0 aliphatic carbocycles. The van der Waals surface area contributed by atoms with Gasteiger partial charge in [-0.05, 0) is 30.3 Å². The second-order valence-electron chi connectivity index (χ2n) is 5.11. The van der Waals surface area contributed by atoms with E-state index in [1.165, 1.54) is 23.8 Å². The maximum absolute atomic E-state index is 14.1. The summed E-state index contributed by atoms with van der Waals surface area (Å²) in [4.78, 5) is 0. The smallest absolute Gasteiger partial charge is 0.262 e. The highest BCUT2D eigenvalue weighted by Crippen LogP contribution is 2.32. The topological polar surface area (TPSA) is 40.2 Å². The van der Waals surface area contributed by atoms with Gasteiger partial charge < -0.3 is 15.0 Å². The zero-order valence-electron chi connectivity index (χ0n) is 12.4. The zero-order valence-corrected chi connectivity index (χ0v) is 14.0. The molecule has 1 aromatic carbocycles. The van der Waals surface area contributed by atoms with Gasteiger partial charge in [0, 0.05) is 16.2 Å². The minimum atomic E-state index is -2.97. The monoisotopic (exact) mass is 388 g/mol. The Balaban J connectivity index is 2.49. The minimum Gasteiger partial charge on any atom is -0.495 e. The highest BCUT2D eigenvalue weighted by atomic mass is 79.9. The van der Waals surface area contributed by atoms with Crippen LogP contribution < -0.4 is 5.73 Å². The summed E-state index contributed by atoms with van der Waals surface area (Å²) in [7, 11) is 1.43. The number of aromatic nitrogens is 1. The molecule has 0 saturated carbocycles. The van der Waals surface area contributed by atoms with Gasteiger partial charge in [0.05, 0.1) is 19.3 Å². The summed E-state index contributed by atoms with van der Waals surface area (Å²) in [6, 6.07) is 7.13. The Bertz CT molecular complexity index is 717. The molecule has 2 aromatic rings. The van der Waals surface area contributed by atoms with Gasteiger partial charge in [-0.2, -0.15) is 0 Å². The summed E-state index contributed by atoms with van der Waals surface area (Å²) in [5, 5.41) is 0. The van der Waals surface area contributed by atoms with Gasteiger partial charge in [-0.1, -0.05) is 22.5 Å². The Hall–Kier alpha value is -1.73. The molecule has 3 nitrogen and oxygen atoms in total. The molecule has 0 spiro atoms. The number of nitrogens with zero attached hydrogens (tertiary/aromatic N) is 1. The number of hydrogen-bond donors (Lipinski definition) is 1. The number of rotatable bonds is 6. The summed E-state index contributed by atoms with van der Waals surface area (Å²) < 4.78 is 48.5. The number of hydrogen-bond acceptors (Lipinski definition) is 2. The van der Waals surface area contributed by atoms with Crippen molar-refractivity contribution in [1.29, 1.82) is 0 Å². The van der Waals surface area contributed by atoms with Crippen LogP contribution in [0.25, 0.3) is 5.76 Å². The fraction of sp³-hybridized carbons (Fsp3) is 0.250. The molecule has 0 aliphatic heterocycles. The zero-order chi connectivity index (χ0) is 17.2. The molecule has 0 bridgehead atoms. The average Bonchev–Trinajstić information content (AvgIpc) is 2.96. The Morgan fingerprint density at radius 1 is 1.43 bits per heavy atom. The lowest BCUT2D eigenvalue weighted by Crippen LogP contribution is -2.48. The first-order valence-corrected chi connectivity index (χ1v) is 7.50. The maximum atomic E-state index is 14.1. The normalized spacial score (nSPS) is 13.9. The van der Waals surface area contributed by atoms with E-state index < -0.39 is 17.8 Å². The molecule has 2 N–H and O–H groups in total. The van der Waals surface area contributed by atoms with Crippen LogP contribution in [-0.2, 0) is 16.8 Å². The standard InChI is InChI=1S/C16H16BrF3N2O/c1-10(23-2)14-4-3-7-22(14)9-16(21,15(19)20)12-8-11(17)5-6-13(12)18/h3-8,15H,1,9,21H2,2H3. The number of halogens is 4. The Labute approximate surface area is 140 Å². The SMILES string of the molecule is C=C(OC)c1cccn1CC(N)(c1cc(Br)ccc1F)C(F)F. The number of benzene rings is 1. The quantitative estimate of drug-likeness (QED) is 0.755. The van der Waals surface area contributed by atoms with Crippen LogP contribution >= 0.6 is 15.9 Å². The summed E-state index contributed by atoms with van der Waals surface area (Å²) in [6.07, 6.45) is -1.41. The molecule has 0 amide bonds. The molecule has 2 rings (SSSR count). The van der Waals surface area contributed by atoms with E-state index in [2.05, 4.69) is 22.5 Å². The first kappa shape index (κ1) is 17.6. The van der Waals surface area contributed by atoms with Crippen LogP contribution in [0.15, 0.2) is 47.6 Å². The van der Waals surface area contributed by atoms with Crippen molar-refractivity contribution in [3.63, 3.8) is 0 Å². The fourth-order valence-electron chi connectivity index (χ4n) is 2.32. The third kappa shape index (κ3) is 3.45. The Morgan fingerprint density at radius 3 is 2.74 bits per heavy atom. The molecule has 1 atom stereocenters. The van der Waals surface area contributed by atoms with Gasteiger partial charge in [0.25, 0.3) is 6.43 Å². The van der Waals surface area contributed by atoms with Crippen LogP contribution in [0.4, 0.5) is 13.2 Å². The lowest BCUT2D eigenvalue weighted by molar-refractivity contribution is 0.0388. The molecule has 124 valence electrons. The average molecular weight is 389 g/mol. The lowest BCUT2D eigenvalue weighted by Gasteiger charge is -2.31. The molecular weight excluding hydrogens is 373 g/mol. The second kappa shape index (κ2) is 6.80. The molecule has 23 heavy (non-hydrogen) atoms. The van der Waals surface area contributed by atoms with Crippen molar-refractivity contribution < 1.29 is 17.9 Å². The summed E-state index contributed by atoms with van der Waals surface area (Å²) in [5.41, 5.74) is 3.97. The number of ether oxygens (including phenoxy) is 1. The highest BCUT2D eigenvalue weighted by molar-refractivity contribution is 9.10. The van der Waals surface area contributed by atoms with Crippen LogP contribution in [0.5, 0.6) is 0 Å². The summed E-state index contributed by atoms with van der Waals surface area (Å²) in [6.45, 7) is 3.37. The maximum Gasteiger partial charge on any atom is 0.262 e. The van der Waals surface area contributed by atoms with Gasteiger partial charge >= 0.3 is 0 Å². The van der Waals surface area contributed by atoms with Crippen molar-refractivity contribution in [1.82, 2.24) is 4.57 Å². The predicted octanol–water partition coefficient (Wildman–Crippen LogP) is 4.13. The van der Waals surface area contributed by atoms with Crippen molar-refractivity contribution in [3.8, 4) is 0 Å². The number of methoxy groups -OCH3 is 1. The van der Waals surface area contributed by atoms with Gasteiger partial charge in [0.2, 0.25) is 0 Å². The van der Waals surface area contributed by atoms with Gasteiger partial charge in [0.15, 0.2) is 0 Å². The molecule has 0 saturated heterocycles. The van der Waals surface area contributed by atoms with Crippen LogP contribution in [0.1, 0.15) is 11.3 Å². The van der Waals surface area contributed by atoms with E-state index >= 15 is 0 Å².